The number of aliphatic hydroxyl groups is 7. The van der Waals surface area contributed by atoms with Crippen LogP contribution in [-0.4, -0.2) is 142 Å². The number of carbonyl (C=O) groups is 2. The lowest BCUT2D eigenvalue weighted by Crippen LogP contribution is -2.61. The molecule has 2 fully saturated rings. The number of carbonyl (C=O) groups excluding carboxylic acids is 2. The summed E-state index contributed by atoms with van der Waals surface area (Å²) in [6, 6.07) is 0. The molecule has 0 aromatic heterocycles. The minimum absolute atomic E-state index is 0.156. The van der Waals surface area contributed by atoms with Crippen molar-refractivity contribution in [1.29, 1.82) is 0 Å². The van der Waals surface area contributed by atoms with E-state index in [0.29, 0.717) is 12.8 Å². The largest absolute Gasteiger partial charge is 0.462 e. The van der Waals surface area contributed by atoms with E-state index < -0.39 is 92.7 Å². The Morgan fingerprint density at radius 2 is 1.14 bits per heavy atom. The van der Waals surface area contributed by atoms with E-state index in [2.05, 4.69) is 19.1 Å². The van der Waals surface area contributed by atoms with E-state index in [1.165, 1.54) is 25.7 Å². The van der Waals surface area contributed by atoms with E-state index in [1.54, 1.807) is 0 Å². The summed E-state index contributed by atoms with van der Waals surface area (Å²) in [4.78, 5) is 24.9. The molecule has 2 aliphatic heterocycles. The summed E-state index contributed by atoms with van der Waals surface area (Å²) < 4.78 is 32.9. The first kappa shape index (κ1) is 45.4. The first-order valence-corrected chi connectivity index (χ1v) is 18.8. The van der Waals surface area contributed by atoms with E-state index in [0.717, 1.165) is 44.9 Å². The summed E-state index contributed by atoms with van der Waals surface area (Å²) in [5.41, 5.74) is 0. The van der Waals surface area contributed by atoms with Crippen molar-refractivity contribution >= 4 is 11.9 Å². The van der Waals surface area contributed by atoms with Gasteiger partial charge in [0, 0.05) is 12.8 Å². The summed E-state index contributed by atoms with van der Waals surface area (Å²) in [6.07, 6.45) is 1.31. The normalized spacial score (nSPS) is 30.4. The molecule has 2 rings (SSSR count). The van der Waals surface area contributed by atoms with Gasteiger partial charge in [0.2, 0.25) is 0 Å². The molecule has 51 heavy (non-hydrogen) atoms. The van der Waals surface area contributed by atoms with Crippen LogP contribution in [0.4, 0.5) is 0 Å². The van der Waals surface area contributed by atoms with Crippen molar-refractivity contribution < 1.29 is 73.8 Å². The van der Waals surface area contributed by atoms with Gasteiger partial charge in [-0.2, -0.15) is 0 Å². The summed E-state index contributed by atoms with van der Waals surface area (Å²) in [7, 11) is 0. The van der Waals surface area contributed by atoms with E-state index in [1.807, 2.05) is 6.92 Å². The van der Waals surface area contributed by atoms with Crippen LogP contribution in [0.25, 0.3) is 0 Å². The second-order valence-electron chi connectivity index (χ2n) is 13.4. The highest BCUT2D eigenvalue weighted by molar-refractivity contribution is 5.70. The first-order valence-electron chi connectivity index (χ1n) is 18.8. The highest BCUT2D eigenvalue weighted by atomic mass is 16.7. The van der Waals surface area contributed by atoms with Crippen molar-refractivity contribution in [2.45, 2.75) is 178 Å². The van der Waals surface area contributed by atoms with Gasteiger partial charge in [0.05, 0.1) is 19.8 Å². The molecule has 0 aromatic rings. The zero-order valence-electron chi connectivity index (χ0n) is 30.3. The molecule has 2 heterocycles. The Hall–Kier alpha value is -1.76. The van der Waals surface area contributed by atoms with Crippen LogP contribution in [0.5, 0.6) is 0 Å². The summed E-state index contributed by atoms with van der Waals surface area (Å²) in [5, 5.41) is 71.2. The number of hydrogen-bond donors (Lipinski definition) is 7. The van der Waals surface area contributed by atoms with Crippen LogP contribution in [0.2, 0.25) is 0 Å². The predicted molar refractivity (Wildman–Crippen MR) is 183 cm³/mol. The van der Waals surface area contributed by atoms with Crippen molar-refractivity contribution in [1.82, 2.24) is 0 Å². The third-order valence-electron chi connectivity index (χ3n) is 8.99. The zero-order chi connectivity index (χ0) is 37.6. The molecule has 15 heteroatoms. The van der Waals surface area contributed by atoms with Gasteiger partial charge in [-0.05, 0) is 38.5 Å². The van der Waals surface area contributed by atoms with Crippen molar-refractivity contribution in [3.05, 3.63) is 12.2 Å². The highest BCUT2D eigenvalue weighted by Gasteiger charge is 2.47. The van der Waals surface area contributed by atoms with E-state index in [9.17, 15) is 45.3 Å². The van der Waals surface area contributed by atoms with Crippen LogP contribution in [0, 0.1) is 0 Å². The zero-order valence-corrected chi connectivity index (χ0v) is 30.3. The summed E-state index contributed by atoms with van der Waals surface area (Å²) in [6.45, 7) is 2.24. The number of unbranched alkanes of at least 4 members (excludes halogenated alkanes) is 10. The summed E-state index contributed by atoms with van der Waals surface area (Å²) >= 11 is 0. The first-order chi connectivity index (χ1) is 24.5. The Bertz CT molecular complexity index is 965. The average molecular weight is 737 g/mol. The van der Waals surface area contributed by atoms with Gasteiger partial charge < -0.3 is 64.2 Å². The quantitative estimate of drug-likeness (QED) is 0.0379. The van der Waals surface area contributed by atoms with Crippen LogP contribution in [0.15, 0.2) is 12.2 Å². The fourth-order valence-electron chi connectivity index (χ4n) is 5.72. The predicted octanol–water partition coefficient (Wildman–Crippen LogP) is 1.53. The van der Waals surface area contributed by atoms with Crippen LogP contribution in [0.3, 0.4) is 0 Å². The Labute approximate surface area is 301 Å². The van der Waals surface area contributed by atoms with Crippen LogP contribution in [0.1, 0.15) is 110 Å². The van der Waals surface area contributed by atoms with Gasteiger partial charge in [0.15, 0.2) is 18.7 Å². The van der Waals surface area contributed by atoms with Gasteiger partial charge in [-0.25, -0.2) is 0 Å². The third kappa shape index (κ3) is 16.8. The molecule has 0 saturated carbocycles. The molecule has 0 spiro atoms. The third-order valence-corrected chi connectivity index (χ3v) is 8.99. The molecule has 0 bridgehead atoms. The van der Waals surface area contributed by atoms with Crippen molar-refractivity contribution in [3.8, 4) is 0 Å². The molecular formula is C36H64O15. The van der Waals surface area contributed by atoms with Crippen molar-refractivity contribution in [2.75, 3.05) is 26.4 Å². The molecule has 298 valence electrons. The highest BCUT2D eigenvalue weighted by Crippen LogP contribution is 2.26. The molecule has 0 aromatic carbocycles. The lowest BCUT2D eigenvalue weighted by atomic mass is 9.98. The summed E-state index contributed by atoms with van der Waals surface area (Å²) in [5.74, 6) is -0.979. The maximum absolute atomic E-state index is 12.7. The minimum Gasteiger partial charge on any atom is -0.462 e. The molecule has 11 unspecified atom stereocenters. The maximum Gasteiger partial charge on any atom is 0.306 e. The fourth-order valence-corrected chi connectivity index (χ4v) is 5.72. The number of hydrogen-bond acceptors (Lipinski definition) is 15. The fraction of sp³-hybridized carbons (Fsp3) is 0.889. The Morgan fingerprint density at radius 3 is 1.76 bits per heavy atom. The van der Waals surface area contributed by atoms with E-state index >= 15 is 0 Å². The number of aliphatic hydroxyl groups excluding tert-OH is 7. The lowest BCUT2D eigenvalue weighted by Gasteiger charge is -2.42. The number of rotatable bonds is 26. The number of allylic oxidation sites excluding steroid dienone is 2. The van der Waals surface area contributed by atoms with Gasteiger partial charge in [0.25, 0.3) is 0 Å². The average Bonchev–Trinajstić information content (AvgIpc) is 3.12. The van der Waals surface area contributed by atoms with E-state index in [4.69, 9.17) is 28.4 Å². The van der Waals surface area contributed by atoms with E-state index in [-0.39, 0.29) is 26.1 Å². The number of esters is 2. The molecule has 0 aliphatic carbocycles. The van der Waals surface area contributed by atoms with Crippen molar-refractivity contribution in [3.63, 3.8) is 0 Å². The Morgan fingerprint density at radius 1 is 0.608 bits per heavy atom. The molecule has 7 N–H and O–H groups in total. The Balaban J connectivity index is 1.85. The lowest BCUT2D eigenvalue weighted by molar-refractivity contribution is -0.332. The second kappa shape index (κ2) is 26.1. The maximum atomic E-state index is 12.7. The molecular weight excluding hydrogens is 672 g/mol. The molecule has 0 radical (unpaired) electrons. The topological polar surface area (TPSA) is 231 Å². The molecule has 2 aliphatic rings. The molecule has 0 amide bonds. The van der Waals surface area contributed by atoms with Gasteiger partial charge >= 0.3 is 11.9 Å². The number of ether oxygens (including phenoxy) is 6. The van der Waals surface area contributed by atoms with Crippen LogP contribution in [-0.2, 0) is 38.0 Å². The second-order valence-corrected chi connectivity index (χ2v) is 13.4. The minimum atomic E-state index is -1.76. The Kier molecular flexibility index (Phi) is 23.2. The van der Waals surface area contributed by atoms with Crippen LogP contribution < -0.4 is 0 Å². The molecule has 11 atom stereocenters. The van der Waals surface area contributed by atoms with Gasteiger partial charge in [0.1, 0.15) is 55.4 Å². The standard InChI is InChI=1S/C36H64O15/c1-3-5-7-8-9-10-11-12-13-14-15-16-17-19-28(39)49-24(21-46-27(38)18-6-4-2)22-47-35-34(45)32(43)30(41)26(51-35)23-48-36-33(44)31(42)29(40)25(20-37)50-36/h10-11,24-26,29-37,40-45H,3-9,12-23H2,1-2H3/b11-10-. The van der Waals surface area contributed by atoms with Crippen LogP contribution >= 0.6 is 0 Å². The molecule has 2 saturated heterocycles. The smallest absolute Gasteiger partial charge is 0.306 e. The van der Waals surface area contributed by atoms with Crippen molar-refractivity contribution in [2.24, 2.45) is 0 Å². The molecule has 15 nitrogen and oxygen atoms in total. The SMILES string of the molecule is CCCCCC/C=C\CCCCCCCC(=O)OC(COC(=O)CCCC)COC1OC(COC2OC(CO)C(O)C(O)C2O)C(O)C(O)C1O. The van der Waals surface area contributed by atoms with Gasteiger partial charge in [-0.1, -0.05) is 70.9 Å². The monoisotopic (exact) mass is 736 g/mol. The van der Waals surface area contributed by atoms with Gasteiger partial charge in [-0.15, -0.1) is 0 Å². The van der Waals surface area contributed by atoms with Gasteiger partial charge in [-0.3, -0.25) is 9.59 Å².